The molecular formula is C16H15N5S. The fraction of sp³-hybridized carbons (Fsp3) is 0.188. The summed E-state index contributed by atoms with van der Waals surface area (Å²) in [6.07, 6.45) is 3.76. The van der Waals surface area contributed by atoms with Crippen LogP contribution in [0.25, 0.3) is 11.3 Å². The molecule has 3 aromatic rings. The third kappa shape index (κ3) is 2.21. The highest BCUT2D eigenvalue weighted by molar-refractivity contribution is 7.14. The van der Waals surface area contributed by atoms with Gasteiger partial charge in [0, 0.05) is 23.5 Å². The first-order valence-corrected chi connectivity index (χ1v) is 8.01. The molecule has 1 aromatic carbocycles. The summed E-state index contributed by atoms with van der Waals surface area (Å²) in [6, 6.07) is 10.9. The summed E-state index contributed by atoms with van der Waals surface area (Å²) >= 11 is 1.77. The van der Waals surface area contributed by atoms with E-state index in [4.69, 9.17) is 0 Å². The van der Waals surface area contributed by atoms with Crippen LogP contribution in [0.5, 0.6) is 0 Å². The highest BCUT2D eigenvalue weighted by atomic mass is 32.1. The quantitative estimate of drug-likeness (QED) is 0.805. The van der Waals surface area contributed by atoms with Crippen LogP contribution in [0.1, 0.15) is 24.1 Å². The standard InChI is InChI=1S/C16H15N5S/c1-11(21-10-17-8-14-6-7-22-16(14)21)12-2-4-13(5-3-12)15-9-18-20-19-15/h2-9,11H,10H2,1H3,(H,18,19,20)/t11-/m0/s1. The Hall–Kier alpha value is -2.47. The monoisotopic (exact) mass is 309 g/mol. The highest BCUT2D eigenvalue weighted by Gasteiger charge is 2.21. The molecule has 0 fully saturated rings. The molecule has 0 bridgehead atoms. The Kier molecular flexibility index (Phi) is 3.23. The van der Waals surface area contributed by atoms with Gasteiger partial charge in [-0.2, -0.15) is 0 Å². The number of aromatic amines is 1. The van der Waals surface area contributed by atoms with E-state index in [-0.39, 0.29) is 6.04 Å². The molecule has 5 nitrogen and oxygen atoms in total. The number of aliphatic imine (C=N–C) groups is 1. The molecular weight excluding hydrogens is 294 g/mol. The second-order valence-electron chi connectivity index (χ2n) is 5.26. The smallest absolute Gasteiger partial charge is 0.112 e. The highest BCUT2D eigenvalue weighted by Crippen LogP contribution is 2.35. The number of anilines is 1. The Morgan fingerprint density at radius 3 is 2.86 bits per heavy atom. The van der Waals surface area contributed by atoms with Gasteiger partial charge in [-0.15, -0.1) is 16.4 Å². The topological polar surface area (TPSA) is 57.2 Å². The van der Waals surface area contributed by atoms with Crippen molar-refractivity contribution in [1.82, 2.24) is 15.4 Å². The van der Waals surface area contributed by atoms with Crippen LogP contribution in [-0.4, -0.2) is 28.3 Å². The molecule has 1 aliphatic heterocycles. The number of H-pyrrole nitrogens is 1. The predicted octanol–water partition coefficient (Wildman–Crippen LogP) is 3.49. The first-order chi connectivity index (χ1) is 10.8. The van der Waals surface area contributed by atoms with Gasteiger partial charge >= 0.3 is 0 Å². The number of aromatic nitrogens is 3. The summed E-state index contributed by atoms with van der Waals surface area (Å²) in [5, 5.41) is 13.9. The molecule has 1 N–H and O–H groups in total. The molecule has 0 amide bonds. The lowest BCUT2D eigenvalue weighted by molar-refractivity contribution is 0.682. The largest absolute Gasteiger partial charge is 0.337 e. The zero-order chi connectivity index (χ0) is 14.9. The third-order valence-corrected chi connectivity index (χ3v) is 4.94. The Morgan fingerprint density at radius 1 is 1.23 bits per heavy atom. The second kappa shape index (κ2) is 5.38. The van der Waals surface area contributed by atoms with Crippen molar-refractivity contribution in [2.75, 3.05) is 11.6 Å². The lowest BCUT2D eigenvalue weighted by Crippen LogP contribution is -2.29. The SMILES string of the molecule is C[C@@H](c1ccc(-c2c[nH]nn2)cc1)N1CN=Cc2ccsc21. The molecule has 0 radical (unpaired) electrons. The van der Waals surface area contributed by atoms with Gasteiger partial charge in [0.15, 0.2) is 0 Å². The van der Waals surface area contributed by atoms with E-state index in [1.807, 2.05) is 6.21 Å². The van der Waals surface area contributed by atoms with E-state index in [1.54, 1.807) is 17.5 Å². The molecule has 110 valence electrons. The number of hydrogen-bond acceptors (Lipinski definition) is 5. The summed E-state index contributed by atoms with van der Waals surface area (Å²) in [5.74, 6) is 0. The molecule has 2 aromatic heterocycles. The summed E-state index contributed by atoms with van der Waals surface area (Å²) in [6.45, 7) is 2.93. The molecule has 0 saturated carbocycles. The molecule has 22 heavy (non-hydrogen) atoms. The molecule has 4 rings (SSSR count). The van der Waals surface area contributed by atoms with Crippen molar-refractivity contribution in [3.63, 3.8) is 0 Å². The lowest BCUT2D eigenvalue weighted by atomic mass is 10.0. The molecule has 1 atom stereocenters. The van der Waals surface area contributed by atoms with Crippen molar-refractivity contribution in [3.8, 4) is 11.3 Å². The molecule has 0 unspecified atom stereocenters. The Morgan fingerprint density at radius 2 is 2.09 bits per heavy atom. The van der Waals surface area contributed by atoms with E-state index >= 15 is 0 Å². The van der Waals surface area contributed by atoms with Crippen molar-refractivity contribution in [1.29, 1.82) is 0 Å². The number of nitrogens with one attached hydrogen (secondary N) is 1. The number of hydrogen-bond donors (Lipinski definition) is 1. The summed E-state index contributed by atoms with van der Waals surface area (Å²) in [5.41, 5.74) is 4.41. The van der Waals surface area contributed by atoms with Crippen LogP contribution in [0.4, 0.5) is 5.00 Å². The van der Waals surface area contributed by atoms with Crippen molar-refractivity contribution in [2.24, 2.45) is 4.99 Å². The minimum atomic E-state index is 0.279. The maximum absolute atomic E-state index is 4.46. The summed E-state index contributed by atoms with van der Waals surface area (Å²) < 4.78 is 0. The van der Waals surface area contributed by atoms with Gasteiger partial charge < -0.3 is 4.90 Å². The maximum Gasteiger partial charge on any atom is 0.112 e. The Balaban J connectivity index is 1.61. The van der Waals surface area contributed by atoms with E-state index in [1.165, 1.54) is 16.1 Å². The van der Waals surface area contributed by atoms with Crippen LogP contribution in [0.15, 0.2) is 46.9 Å². The normalized spacial score (nSPS) is 14.9. The van der Waals surface area contributed by atoms with Crippen molar-refractivity contribution in [2.45, 2.75) is 13.0 Å². The zero-order valence-electron chi connectivity index (χ0n) is 12.1. The van der Waals surface area contributed by atoms with Crippen LogP contribution >= 0.6 is 11.3 Å². The fourth-order valence-corrected chi connectivity index (χ4v) is 3.64. The molecule has 3 heterocycles. The molecule has 0 spiro atoms. The molecule has 6 heteroatoms. The average molecular weight is 309 g/mol. The van der Waals surface area contributed by atoms with Crippen molar-refractivity contribution < 1.29 is 0 Å². The van der Waals surface area contributed by atoms with Gasteiger partial charge in [-0.3, -0.25) is 10.1 Å². The van der Waals surface area contributed by atoms with E-state index < -0.39 is 0 Å². The van der Waals surface area contributed by atoms with Crippen LogP contribution in [0.2, 0.25) is 0 Å². The second-order valence-corrected chi connectivity index (χ2v) is 6.16. The van der Waals surface area contributed by atoms with Crippen LogP contribution in [0, 0.1) is 0 Å². The molecule has 1 aliphatic rings. The van der Waals surface area contributed by atoms with E-state index in [2.05, 4.69) is 67.9 Å². The number of fused-ring (bicyclic) bond motifs is 1. The number of thiophene rings is 1. The summed E-state index contributed by atoms with van der Waals surface area (Å²) in [7, 11) is 0. The molecule has 0 aliphatic carbocycles. The summed E-state index contributed by atoms with van der Waals surface area (Å²) in [4.78, 5) is 6.80. The molecule has 0 saturated heterocycles. The van der Waals surface area contributed by atoms with Gasteiger partial charge in [-0.05, 0) is 23.9 Å². The van der Waals surface area contributed by atoms with Crippen LogP contribution in [0.3, 0.4) is 0 Å². The Labute approximate surface area is 132 Å². The van der Waals surface area contributed by atoms with Crippen LogP contribution in [-0.2, 0) is 0 Å². The van der Waals surface area contributed by atoms with Crippen molar-refractivity contribution in [3.05, 3.63) is 53.0 Å². The third-order valence-electron chi connectivity index (χ3n) is 3.97. The van der Waals surface area contributed by atoms with Gasteiger partial charge in [-0.25, -0.2) is 0 Å². The number of benzene rings is 1. The lowest BCUT2D eigenvalue weighted by Gasteiger charge is -2.31. The van der Waals surface area contributed by atoms with Crippen molar-refractivity contribution >= 4 is 22.6 Å². The first-order valence-electron chi connectivity index (χ1n) is 7.13. The van der Waals surface area contributed by atoms with E-state index in [9.17, 15) is 0 Å². The maximum atomic E-state index is 4.46. The minimum Gasteiger partial charge on any atom is -0.337 e. The van der Waals surface area contributed by atoms with E-state index in [0.717, 1.165) is 11.3 Å². The number of rotatable bonds is 3. The van der Waals surface area contributed by atoms with E-state index in [0.29, 0.717) is 6.67 Å². The zero-order valence-corrected chi connectivity index (χ0v) is 12.9. The van der Waals surface area contributed by atoms with Gasteiger partial charge in [-0.1, -0.05) is 29.5 Å². The van der Waals surface area contributed by atoms with Gasteiger partial charge in [0.2, 0.25) is 0 Å². The van der Waals surface area contributed by atoms with Gasteiger partial charge in [0.25, 0.3) is 0 Å². The predicted molar refractivity (Wildman–Crippen MR) is 89.5 cm³/mol. The average Bonchev–Trinajstić information content (AvgIpc) is 3.25. The fourth-order valence-electron chi connectivity index (χ4n) is 2.69. The Bertz CT molecular complexity index is 788. The minimum absolute atomic E-state index is 0.279. The van der Waals surface area contributed by atoms with Crippen LogP contribution < -0.4 is 4.90 Å². The number of nitrogens with zero attached hydrogens (tertiary/aromatic N) is 4. The first kappa shape index (κ1) is 13.2. The van der Waals surface area contributed by atoms with Gasteiger partial charge in [0.05, 0.1) is 6.04 Å². The van der Waals surface area contributed by atoms with Gasteiger partial charge in [0.1, 0.15) is 17.4 Å².